The second-order valence-electron chi connectivity index (χ2n) is 4.26. The number of carboxylic acids is 1. The minimum absolute atomic E-state index is 0.0367. The number of carbonyl (C=O) groups excluding carboxylic acids is 1. The molecule has 0 saturated carbocycles. The van der Waals surface area contributed by atoms with Crippen LogP contribution < -0.4 is 0 Å². The van der Waals surface area contributed by atoms with Gasteiger partial charge in [-0.2, -0.15) is 0 Å². The SMILES string of the molecule is Cc1cc(C(=O)OP(=O)(CO)CO)c(C)cc1C(=O)O. The van der Waals surface area contributed by atoms with E-state index in [-0.39, 0.29) is 11.1 Å². The number of carboxylic acid groups (broad SMARTS) is 1. The Morgan fingerprint density at radius 2 is 1.55 bits per heavy atom. The van der Waals surface area contributed by atoms with Gasteiger partial charge in [0.1, 0.15) is 12.7 Å². The Morgan fingerprint density at radius 1 is 1.10 bits per heavy atom. The first-order chi connectivity index (χ1) is 9.24. The molecule has 8 heteroatoms. The lowest BCUT2D eigenvalue weighted by atomic mass is 10.0. The Morgan fingerprint density at radius 3 is 2.00 bits per heavy atom. The highest BCUT2D eigenvalue weighted by Crippen LogP contribution is 2.45. The summed E-state index contributed by atoms with van der Waals surface area (Å²) in [5.41, 5.74) is 0.763. The van der Waals surface area contributed by atoms with Gasteiger partial charge in [-0.05, 0) is 37.1 Å². The Labute approximate surface area is 115 Å². The number of hydrogen-bond acceptors (Lipinski definition) is 6. The minimum atomic E-state index is -3.82. The predicted molar refractivity (Wildman–Crippen MR) is 70.1 cm³/mol. The number of aliphatic hydroxyl groups excluding tert-OH is 2. The van der Waals surface area contributed by atoms with Crippen LogP contribution in [0.1, 0.15) is 31.8 Å². The van der Waals surface area contributed by atoms with Crippen LogP contribution in [0.5, 0.6) is 0 Å². The summed E-state index contributed by atoms with van der Waals surface area (Å²) in [6, 6.07) is 2.61. The van der Waals surface area contributed by atoms with Crippen molar-refractivity contribution in [1.29, 1.82) is 0 Å². The van der Waals surface area contributed by atoms with Crippen LogP contribution in [-0.4, -0.2) is 40.0 Å². The number of rotatable bonds is 5. The molecule has 3 N–H and O–H groups in total. The molecule has 0 radical (unpaired) electrons. The first kappa shape index (κ1) is 16.4. The van der Waals surface area contributed by atoms with Crippen LogP contribution in [0.15, 0.2) is 12.1 Å². The van der Waals surface area contributed by atoms with Crippen molar-refractivity contribution in [3.63, 3.8) is 0 Å². The molecule has 0 aliphatic heterocycles. The van der Waals surface area contributed by atoms with E-state index < -0.39 is 32.0 Å². The molecule has 0 aliphatic rings. The summed E-state index contributed by atoms with van der Waals surface area (Å²) in [6.07, 6.45) is -1.92. The Balaban J connectivity index is 3.15. The van der Waals surface area contributed by atoms with E-state index in [2.05, 4.69) is 4.52 Å². The lowest BCUT2D eigenvalue weighted by molar-refractivity contribution is 0.0689. The number of carbonyl (C=O) groups is 2. The average molecular weight is 302 g/mol. The van der Waals surface area contributed by atoms with Crippen molar-refractivity contribution < 1.29 is 34.0 Å². The lowest BCUT2D eigenvalue weighted by Gasteiger charge is -2.15. The van der Waals surface area contributed by atoms with Gasteiger partial charge in [0.05, 0.1) is 11.1 Å². The molecule has 1 rings (SSSR count). The van der Waals surface area contributed by atoms with Gasteiger partial charge in [0.2, 0.25) is 0 Å². The van der Waals surface area contributed by atoms with Crippen molar-refractivity contribution in [2.45, 2.75) is 13.8 Å². The Kier molecular flexibility index (Phi) is 5.05. The third-order valence-electron chi connectivity index (χ3n) is 2.70. The molecular weight excluding hydrogens is 287 g/mol. The normalized spacial score (nSPS) is 11.2. The molecule has 0 heterocycles. The molecule has 0 aromatic heterocycles. The van der Waals surface area contributed by atoms with E-state index in [1.165, 1.54) is 26.0 Å². The molecule has 0 fully saturated rings. The zero-order valence-corrected chi connectivity index (χ0v) is 11.9. The lowest BCUT2D eigenvalue weighted by Crippen LogP contribution is -2.11. The highest BCUT2D eigenvalue weighted by molar-refractivity contribution is 7.59. The second-order valence-corrected chi connectivity index (χ2v) is 6.64. The maximum Gasteiger partial charge on any atom is 0.343 e. The molecule has 0 saturated heterocycles. The third kappa shape index (κ3) is 3.45. The fourth-order valence-electron chi connectivity index (χ4n) is 1.57. The molecule has 0 amide bonds. The smallest absolute Gasteiger partial charge is 0.343 e. The van der Waals surface area contributed by atoms with Crippen LogP contribution in [0.2, 0.25) is 0 Å². The standard InChI is InChI=1S/C12H15O7P/c1-7-4-10(8(2)3-9(7)11(15)16)12(17)19-20(18,5-13)6-14/h3-4,13-14H,5-6H2,1-2H3,(H,15,16). The minimum Gasteiger partial charge on any atom is -0.478 e. The quantitative estimate of drug-likeness (QED) is 0.701. The summed E-state index contributed by atoms with van der Waals surface area (Å²) in [7, 11) is -3.82. The van der Waals surface area contributed by atoms with E-state index in [4.69, 9.17) is 15.3 Å². The fourth-order valence-corrected chi connectivity index (χ4v) is 2.17. The van der Waals surface area contributed by atoms with E-state index in [0.29, 0.717) is 11.1 Å². The van der Waals surface area contributed by atoms with Gasteiger partial charge in [0.15, 0.2) is 0 Å². The van der Waals surface area contributed by atoms with Crippen LogP contribution in [0.25, 0.3) is 0 Å². The van der Waals surface area contributed by atoms with Crippen LogP contribution in [0.4, 0.5) is 0 Å². The highest BCUT2D eigenvalue weighted by Gasteiger charge is 2.27. The Bertz CT molecular complexity index is 586. The molecule has 1 aromatic rings. The molecule has 7 nitrogen and oxygen atoms in total. The van der Waals surface area contributed by atoms with Gasteiger partial charge < -0.3 is 19.8 Å². The summed E-state index contributed by atoms with van der Waals surface area (Å²) < 4.78 is 16.3. The van der Waals surface area contributed by atoms with Gasteiger partial charge in [0.25, 0.3) is 7.37 Å². The maximum atomic E-state index is 11.9. The first-order valence-corrected chi connectivity index (χ1v) is 7.62. The average Bonchev–Trinajstić information content (AvgIpc) is 2.40. The molecule has 0 spiro atoms. The zero-order chi connectivity index (χ0) is 15.5. The summed E-state index contributed by atoms with van der Waals surface area (Å²) in [5.74, 6) is -2.10. The Hall–Kier alpha value is -1.69. The summed E-state index contributed by atoms with van der Waals surface area (Å²) >= 11 is 0. The predicted octanol–water partition coefficient (Wildman–Crippen LogP) is 1.34. The summed E-state index contributed by atoms with van der Waals surface area (Å²) in [5, 5.41) is 26.6. The van der Waals surface area contributed by atoms with E-state index in [1.807, 2.05) is 0 Å². The number of hydrogen-bond donors (Lipinski definition) is 3. The molecular formula is C12H15O7P. The second kappa shape index (κ2) is 6.17. The van der Waals surface area contributed by atoms with Gasteiger partial charge in [-0.15, -0.1) is 0 Å². The number of benzene rings is 1. The van der Waals surface area contributed by atoms with Crippen molar-refractivity contribution in [3.05, 3.63) is 34.4 Å². The highest BCUT2D eigenvalue weighted by atomic mass is 31.2. The summed E-state index contributed by atoms with van der Waals surface area (Å²) in [4.78, 5) is 22.8. The van der Waals surface area contributed by atoms with Crippen LogP contribution >= 0.6 is 7.37 Å². The van der Waals surface area contributed by atoms with Gasteiger partial charge in [-0.1, -0.05) is 0 Å². The fraction of sp³-hybridized carbons (Fsp3) is 0.333. The van der Waals surface area contributed by atoms with Crippen LogP contribution in [0, 0.1) is 13.8 Å². The van der Waals surface area contributed by atoms with Crippen molar-refractivity contribution in [1.82, 2.24) is 0 Å². The number of aromatic carboxylic acids is 1. The molecule has 0 unspecified atom stereocenters. The van der Waals surface area contributed by atoms with Gasteiger partial charge in [-0.25, -0.2) is 9.59 Å². The topological polar surface area (TPSA) is 121 Å². The van der Waals surface area contributed by atoms with E-state index in [9.17, 15) is 14.2 Å². The molecule has 20 heavy (non-hydrogen) atoms. The maximum absolute atomic E-state index is 11.9. The molecule has 0 bridgehead atoms. The monoisotopic (exact) mass is 302 g/mol. The number of aryl methyl sites for hydroxylation is 2. The van der Waals surface area contributed by atoms with Crippen molar-refractivity contribution in [2.75, 3.05) is 12.7 Å². The van der Waals surface area contributed by atoms with Gasteiger partial charge in [0, 0.05) is 0 Å². The van der Waals surface area contributed by atoms with Crippen molar-refractivity contribution in [2.24, 2.45) is 0 Å². The van der Waals surface area contributed by atoms with E-state index in [0.717, 1.165) is 0 Å². The van der Waals surface area contributed by atoms with Crippen LogP contribution in [0.3, 0.4) is 0 Å². The molecule has 1 aromatic carbocycles. The first-order valence-electron chi connectivity index (χ1n) is 5.62. The van der Waals surface area contributed by atoms with Crippen molar-refractivity contribution in [3.8, 4) is 0 Å². The summed E-state index contributed by atoms with van der Waals surface area (Å²) in [6.45, 7) is 3.02. The molecule has 110 valence electrons. The van der Waals surface area contributed by atoms with Gasteiger partial charge >= 0.3 is 11.9 Å². The largest absolute Gasteiger partial charge is 0.478 e. The molecule has 0 atom stereocenters. The van der Waals surface area contributed by atoms with E-state index >= 15 is 0 Å². The number of aliphatic hydroxyl groups is 2. The van der Waals surface area contributed by atoms with Crippen LogP contribution in [-0.2, 0) is 9.09 Å². The van der Waals surface area contributed by atoms with Gasteiger partial charge in [-0.3, -0.25) is 4.57 Å². The third-order valence-corrected chi connectivity index (χ3v) is 4.06. The molecule has 0 aliphatic carbocycles. The van der Waals surface area contributed by atoms with Crippen molar-refractivity contribution >= 4 is 19.3 Å². The van der Waals surface area contributed by atoms with E-state index in [1.54, 1.807) is 0 Å². The zero-order valence-electron chi connectivity index (χ0n) is 11.0.